The summed E-state index contributed by atoms with van der Waals surface area (Å²) in [4.78, 5) is 15.4. The van der Waals surface area contributed by atoms with E-state index in [1.54, 1.807) is 18.2 Å². The van der Waals surface area contributed by atoms with Crippen LogP contribution in [0.2, 0.25) is 0 Å². The third-order valence-corrected chi connectivity index (χ3v) is 7.02. The molecule has 0 spiro atoms. The molecule has 0 bridgehead atoms. The Morgan fingerprint density at radius 1 is 1.00 bits per heavy atom. The van der Waals surface area contributed by atoms with E-state index in [9.17, 15) is 23.1 Å². The molecule has 1 aliphatic heterocycles. The second kappa shape index (κ2) is 9.20. The van der Waals surface area contributed by atoms with E-state index in [0.717, 1.165) is 22.6 Å². The first-order valence-electron chi connectivity index (χ1n) is 11.8. The molecule has 0 amide bonds. The van der Waals surface area contributed by atoms with Crippen molar-refractivity contribution < 1.29 is 27.8 Å². The van der Waals surface area contributed by atoms with Crippen molar-refractivity contribution in [3.05, 3.63) is 69.6 Å². The average Bonchev–Trinajstić information content (AvgIpc) is 3.53. The van der Waals surface area contributed by atoms with Gasteiger partial charge in [-0.05, 0) is 67.1 Å². The number of rotatable bonds is 5. The number of nitrogens with zero attached hydrogens (tertiary/aromatic N) is 2. The van der Waals surface area contributed by atoms with Gasteiger partial charge >= 0.3 is 6.18 Å². The lowest BCUT2D eigenvalue weighted by molar-refractivity contribution is -0.137. The van der Waals surface area contributed by atoms with Gasteiger partial charge in [0.15, 0.2) is 0 Å². The first kappa shape index (κ1) is 24.2. The highest BCUT2D eigenvalue weighted by Crippen LogP contribution is 2.39. The summed E-state index contributed by atoms with van der Waals surface area (Å²) in [6.07, 6.45) is -1.23. The smallest absolute Gasteiger partial charge is 0.418 e. The van der Waals surface area contributed by atoms with E-state index >= 15 is 0 Å². The van der Waals surface area contributed by atoms with Crippen LogP contribution < -0.4 is 19.9 Å². The molecule has 36 heavy (non-hydrogen) atoms. The van der Waals surface area contributed by atoms with E-state index in [1.807, 2.05) is 4.90 Å². The van der Waals surface area contributed by atoms with Crippen LogP contribution in [0.5, 0.6) is 11.5 Å². The van der Waals surface area contributed by atoms with Gasteiger partial charge in [0.05, 0.1) is 31.6 Å². The molecule has 0 saturated carbocycles. The van der Waals surface area contributed by atoms with Crippen LogP contribution in [-0.4, -0.2) is 43.1 Å². The van der Waals surface area contributed by atoms with Crippen LogP contribution in [0.1, 0.15) is 29.5 Å². The van der Waals surface area contributed by atoms with E-state index in [4.69, 9.17) is 9.47 Å². The van der Waals surface area contributed by atoms with E-state index in [2.05, 4.69) is 0 Å². The second-order valence-corrected chi connectivity index (χ2v) is 9.22. The number of aliphatic hydroxyl groups excluding tert-OH is 1. The number of halogens is 3. The molecule has 5 rings (SSSR count). The second-order valence-electron chi connectivity index (χ2n) is 9.22. The van der Waals surface area contributed by atoms with Crippen molar-refractivity contribution in [3.8, 4) is 28.3 Å². The fourth-order valence-corrected chi connectivity index (χ4v) is 5.21. The number of ether oxygens (including phenoxy) is 2. The number of alkyl halides is 3. The van der Waals surface area contributed by atoms with Gasteiger partial charge in [-0.2, -0.15) is 13.2 Å². The predicted octanol–water partition coefficient (Wildman–Crippen LogP) is 4.60. The molecule has 1 atom stereocenters. The zero-order valence-corrected chi connectivity index (χ0v) is 20.1. The summed E-state index contributed by atoms with van der Waals surface area (Å²) in [5.41, 5.74) is 1.73. The molecule has 0 radical (unpaired) electrons. The molecule has 2 aromatic carbocycles. The number of aliphatic hydroxyl groups is 1. The maximum atomic E-state index is 14.1. The molecule has 1 N–H and O–H groups in total. The highest BCUT2D eigenvalue weighted by Gasteiger charge is 2.36. The van der Waals surface area contributed by atoms with Crippen molar-refractivity contribution in [2.45, 2.75) is 38.0 Å². The summed E-state index contributed by atoms with van der Waals surface area (Å²) < 4.78 is 54.3. The number of hydrogen-bond acceptors (Lipinski definition) is 5. The van der Waals surface area contributed by atoms with E-state index < -0.39 is 23.4 Å². The summed E-state index contributed by atoms with van der Waals surface area (Å²) >= 11 is 0. The summed E-state index contributed by atoms with van der Waals surface area (Å²) in [5.74, 6) is 1.08. The average molecular weight is 501 g/mol. The third kappa shape index (κ3) is 4.32. The molecule has 1 unspecified atom stereocenters. The van der Waals surface area contributed by atoms with Crippen LogP contribution in [0, 0.1) is 0 Å². The maximum absolute atomic E-state index is 14.1. The Morgan fingerprint density at radius 2 is 1.69 bits per heavy atom. The lowest BCUT2D eigenvalue weighted by Gasteiger charge is -2.23. The number of β-amino-alcohol motifs (C(OH)–C–C–N with tert-alkyl or cyclic N) is 1. The molecular formula is C27H27F3N2O4. The van der Waals surface area contributed by atoms with Gasteiger partial charge in [0, 0.05) is 42.2 Å². The highest BCUT2D eigenvalue weighted by atomic mass is 19.4. The maximum Gasteiger partial charge on any atom is 0.418 e. The van der Waals surface area contributed by atoms with E-state index in [1.165, 1.54) is 32.5 Å². The normalized spacial score (nSPS) is 17.4. The van der Waals surface area contributed by atoms with Crippen molar-refractivity contribution in [3.63, 3.8) is 0 Å². The predicted molar refractivity (Wildman–Crippen MR) is 130 cm³/mol. The molecule has 1 fully saturated rings. The Morgan fingerprint density at radius 3 is 2.31 bits per heavy atom. The van der Waals surface area contributed by atoms with Crippen LogP contribution in [0.25, 0.3) is 16.8 Å². The Balaban J connectivity index is 1.75. The van der Waals surface area contributed by atoms with E-state index in [0.29, 0.717) is 66.2 Å². The zero-order chi connectivity index (χ0) is 25.6. The lowest BCUT2D eigenvalue weighted by atomic mass is 9.98. The number of aromatic nitrogens is 1. The van der Waals surface area contributed by atoms with E-state index in [-0.39, 0.29) is 5.69 Å². The lowest BCUT2D eigenvalue weighted by Crippen LogP contribution is -2.26. The summed E-state index contributed by atoms with van der Waals surface area (Å²) in [6.45, 7) is 0.860. The van der Waals surface area contributed by atoms with Gasteiger partial charge in [-0.25, -0.2) is 0 Å². The van der Waals surface area contributed by atoms with Crippen LogP contribution in [0.3, 0.4) is 0 Å². The van der Waals surface area contributed by atoms with Gasteiger partial charge in [-0.3, -0.25) is 9.36 Å². The van der Waals surface area contributed by atoms with Gasteiger partial charge in [-0.15, -0.1) is 0 Å². The Labute approximate surface area is 206 Å². The largest absolute Gasteiger partial charge is 0.497 e. The molecule has 3 aromatic rings. The molecular weight excluding hydrogens is 473 g/mol. The van der Waals surface area contributed by atoms with Gasteiger partial charge in [0.2, 0.25) is 0 Å². The van der Waals surface area contributed by atoms with Crippen LogP contribution in [-0.2, 0) is 19.0 Å². The molecule has 1 aliphatic carbocycles. The van der Waals surface area contributed by atoms with Crippen LogP contribution in [0.4, 0.5) is 18.9 Å². The zero-order valence-electron chi connectivity index (χ0n) is 20.1. The van der Waals surface area contributed by atoms with Gasteiger partial charge in [0.1, 0.15) is 11.5 Å². The number of fused-ring (bicyclic) bond motifs is 1. The number of methoxy groups -OCH3 is 2. The highest BCUT2D eigenvalue weighted by molar-refractivity contribution is 5.72. The first-order valence-corrected chi connectivity index (χ1v) is 11.8. The molecule has 2 aliphatic rings. The topological polar surface area (TPSA) is 63.9 Å². The minimum atomic E-state index is -4.66. The molecule has 6 nitrogen and oxygen atoms in total. The molecule has 9 heteroatoms. The molecule has 1 aromatic heterocycles. The quantitative estimate of drug-likeness (QED) is 0.555. The first-order chi connectivity index (χ1) is 17.2. The monoisotopic (exact) mass is 500 g/mol. The Hall–Kier alpha value is -3.46. The fourth-order valence-electron chi connectivity index (χ4n) is 5.21. The minimum absolute atomic E-state index is 0.225. The third-order valence-electron chi connectivity index (χ3n) is 7.02. The summed E-state index contributed by atoms with van der Waals surface area (Å²) in [5, 5.41) is 9.93. The summed E-state index contributed by atoms with van der Waals surface area (Å²) in [7, 11) is 3.06. The van der Waals surface area contributed by atoms with Crippen molar-refractivity contribution in [1.82, 2.24) is 4.57 Å². The van der Waals surface area contributed by atoms with Gasteiger partial charge < -0.3 is 19.5 Å². The summed E-state index contributed by atoms with van der Waals surface area (Å²) in [6, 6.07) is 9.12. The molecule has 190 valence electrons. The number of hydrogen-bond donors (Lipinski definition) is 1. The molecule has 1 saturated heterocycles. The minimum Gasteiger partial charge on any atom is -0.497 e. The number of pyridine rings is 1. The standard InChI is InChI=1S/C27H27F3N2O4/c1-35-19-10-16(11-20(13-19)36-2)23-15-32(26(34)22-5-3-4-21(22)23)25-12-17(31-9-8-18(33)14-31)6-7-24(25)27(28,29)30/h6-7,10-13,15,18,33H,3-5,8-9,14H2,1-2H3. The SMILES string of the molecule is COc1cc(OC)cc(-c2cn(-c3cc(N4CCC(O)C4)ccc3C(F)(F)F)c(=O)c3c2CCC3)c1. The molecule has 2 heterocycles. The van der Waals surface area contributed by atoms with Gasteiger partial charge in [-0.1, -0.05) is 0 Å². The van der Waals surface area contributed by atoms with Gasteiger partial charge in [0.25, 0.3) is 5.56 Å². The Bertz CT molecular complexity index is 1340. The number of anilines is 1. The van der Waals surface area contributed by atoms with Crippen LogP contribution in [0.15, 0.2) is 47.4 Å². The van der Waals surface area contributed by atoms with Crippen LogP contribution >= 0.6 is 0 Å². The number of benzene rings is 2. The van der Waals surface area contributed by atoms with Crippen molar-refractivity contribution in [1.29, 1.82) is 0 Å². The fraction of sp³-hybridized carbons (Fsp3) is 0.370. The van der Waals surface area contributed by atoms with Crippen molar-refractivity contribution in [2.75, 3.05) is 32.2 Å². The van der Waals surface area contributed by atoms with Crippen molar-refractivity contribution >= 4 is 5.69 Å². The Kier molecular flexibility index (Phi) is 6.20. The van der Waals surface area contributed by atoms with Crippen molar-refractivity contribution in [2.24, 2.45) is 0 Å².